The van der Waals surface area contributed by atoms with Crippen LogP contribution in [0.15, 0.2) is 60.7 Å². The molecule has 0 amide bonds. The average Bonchev–Trinajstić information content (AvgIpc) is 3.21. The van der Waals surface area contributed by atoms with E-state index in [0.29, 0.717) is 12.1 Å². The van der Waals surface area contributed by atoms with E-state index in [1.54, 1.807) is 0 Å². The van der Waals surface area contributed by atoms with Crippen LogP contribution < -0.4 is 0 Å². The lowest BCUT2D eigenvalue weighted by atomic mass is 9.71. The van der Waals surface area contributed by atoms with Crippen molar-refractivity contribution in [2.24, 2.45) is 0 Å². The molecule has 0 fully saturated rings. The Balaban J connectivity index is 2.13. The maximum absolute atomic E-state index is 4.37. The summed E-state index contributed by atoms with van der Waals surface area (Å²) in [5.74, 6) is 0.785. The summed E-state index contributed by atoms with van der Waals surface area (Å²) in [6.45, 7) is 9.96. The Kier molecular flexibility index (Phi) is 6.01. The zero-order valence-electron chi connectivity index (χ0n) is 16.6. The van der Waals surface area contributed by atoms with Crippen molar-refractivity contribution in [1.29, 1.82) is 0 Å². The van der Waals surface area contributed by atoms with E-state index < -0.39 is 5.41 Å². The third kappa shape index (κ3) is 3.93. The van der Waals surface area contributed by atoms with Crippen molar-refractivity contribution in [2.45, 2.75) is 51.6 Å². The van der Waals surface area contributed by atoms with Crippen LogP contribution in [0.4, 0.5) is 0 Å². The summed E-state index contributed by atoms with van der Waals surface area (Å²) >= 11 is 0. The highest BCUT2D eigenvalue weighted by Gasteiger charge is 2.40. The molecule has 0 unspecified atom stereocenters. The second-order valence-corrected chi connectivity index (χ2v) is 7.56. The van der Waals surface area contributed by atoms with E-state index in [4.69, 9.17) is 0 Å². The summed E-state index contributed by atoms with van der Waals surface area (Å²) in [7, 11) is 0. The molecule has 3 rings (SSSR count). The van der Waals surface area contributed by atoms with Crippen molar-refractivity contribution in [3.63, 3.8) is 0 Å². The summed E-state index contributed by atoms with van der Waals surface area (Å²) in [6, 6.07) is 22.1. The lowest BCUT2D eigenvalue weighted by Gasteiger charge is -2.37. The first kappa shape index (κ1) is 19.2. The van der Waals surface area contributed by atoms with Crippen LogP contribution in [0.5, 0.6) is 0 Å². The lowest BCUT2D eigenvalue weighted by Crippen LogP contribution is -2.42. The number of aromatic nitrogens is 4. The fourth-order valence-electron chi connectivity index (χ4n) is 4.04. The van der Waals surface area contributed by atoms with Crippen LogP contribution in [-0.4, -0.2) is 44.2 Å². The van der Waals surface area contributed by atoms with Gasteiger partial charge in [-0.2, -0.15) is 0 Å². The minimum Gasteiger partial charge on any atom is -0.298 e. The molecule has 5 heteroatoms. The van der Waals surface area contributed by atoms with Crippen LogP contribution in [0.2, 0.25) is 0 Å². The van der Waals surface area contributed by atoms with E-state index in [1.165, 1.54) is 11.1 Å². The maximum atomic E-state index is 4.37. The molecule has 0 saturated carbocycles. The molecule has 0 aliphatic carbocycles. The van der Waals surface area contributed by atoms with Gasteiger partial charge in [-0.1, -0.05) is 60.7 Å². The van der Waals surface area contributed by atoms with Gasteiger partial charge >= 0.3 is 0 Å². The Morgan fingerprint density at radius 2 is 1.37 bits per heavy atom. The van der Waals surface area contributed by atoms with Crippen LogP contribution in [0.1, 0.15) is 51.1 Å². The molecule has 2 aromatic carbocycles. The predicted octanol–water partition coefficient (Wildman–Crippen LogP) is 4.04. The van der Waals surface area contributed by atoms with Gasteiger partial charge in [0, 0.05) is 18.6 Å². The molecule has 0 radical (unpaired) electrons. The van der Waals surface area contributed by atoms with Gasteiger partial charge in [0.1, 0.15) is 0 Å². The summed E-state index contributed by atoms with van der Waals surface area (Å²) < 4.78 is 0. The van der Waals surface area contributed by atoms with Gasteiger partial charge < -0.3 is 0 Å². The standard InChI is InChI=1S/C22H29N5/c1-17(2)27(18(3)4)16-15-22(21-23-25-26-24-21,19-11-7-5-8-12-19)20-13-9-6-10-14-20/h5-14,17-18H,15-16H2,1-4H3,(H,23,24,25,26). The summed E-state index contributed by atoms with van der Waals surface area (Å²) in [5, 5.41) is 15.2. The summed E-state index contributed by atoms with van der Waals surface area (Å²) in [4.78, 5) is 2.52. The van der Waals surface area contributed by atoms with Crippen molar-refractivity contribution in [3.8, 4) is 0 Å². The van der Waals surface area contributed by atoms with E-state index in [0.717, 1.165) is 18.8 Å². The highest BCUT2D eigenvalue weighted by Crippen LogP contribution is 2.40. The lowest BCUT2D eigenvalue weighted by molar-refractivity contribution is 0.164. The molecular formula is C22H29N5. The van der Waals surface area contributed by atoms with Gasteiger partial charge in [-0.3, -0.25) is 4.90 Å². The van der Waals surface area contributed by atoms with E-state index >= 15 is 0 Å². The van der Waals surface area contributed by atoms with Crippen LogP contribution in [0.3, 0.4) is 0 Å². The molecule has 1 aromatic heterocycles. The average molecular weight is 364 g/mol. The fourth-order valence-corrected chi connectivity index (χ4v) is 4.04. The molecule has 0 spiro atoms. The Morgan fingerprint density at radius 3 is 1.78 bits per heavy atom. The van der Waals surface area contributed by atoms with Gasteiger partial charge in [0.15, 0.2) is 5.82 Å². The summed E-state index contributed by atoms with van der Waals surface area (Å²) in [6.07, 6.45) is 0.883. The smallest absolute Gasteiger partial charge is 0.163 e. The van der Waals surface area contributed by atoms with Gasteiger partial charge in [-0.15, -0.1) is 5.10 Å². The number of rotatable bonds is 8. The van der Waals surface area contributed by atoms with Crippen molar-refractivity contribution in [3.05, 3.63) is 77.6 Å². The number of tetrazole rings is 1. The normalized spacial score (nSPS) is 12.3. The third-order valence-corrected chi connectivity index (χ3v) is 5.35. The van der Waals surface area contributed by atoms with Gasteiger partial charge in [-0.05, 0) is 55.7 Å². The number of hydrogen-bond donors (Lipinski definition) is 1. The number of benzene rings is 2. The first-order chi connectivity index (χ1) is 13.1. The Labute approximate surface area is 161 Å². The molecule has 1 heterocycles. The number of aromatic amines is 1. The molecule has 27 heavy (non-hydrogen) atoms. The Bertz CT molecular complexity index is 750. The summed E-state index contributed by atoms with van der Waals surface area (Å²) in [5.41, 5.74) is 1.97. The van der Waals surface area contributed by atoms with E-state index in [-0.39, 0.29) is 0 Å². The number of hydrogen-bond acceptors (Lipinski definition) is 4. The van der Waals surface area contributed by atoms with Gasteiger partial charge in [-0.25, -0.2) is 5.10 Å². The highest BCUT2D eigenvalue weighted by atomic mass is 15.5. The molecular weight excluding hydrogens is 334 g/mol. The van der Waals surface area contributed by atoms with Crippen LogP contribution in [0.25, 0.3) is 0 Å². The number of H-pyrrole nitrogens is 1. The van der Waals surface area contributed by atoms with Gasteiger partial charge in [0.25, 0.3) is 0 Å². The fraction of sp³-hybridized carbons (Fsp3) is 0.409. The molecule has 0 aliphatic rings. The molecule has 5 nitrogen and oxygen atoms in total. The zero-order valence-corrected chi connectivity index (χ0v) is 16.6. The van der Waals surface area contributed by atoms with Crippen LogP contribution >= 0.6 is 0 Å². The molecule has 0 aliphatic heterocycles. The molecule has 3 aromatic rings. The molecule has 142 valence electrons. The van der Waals surface area contributed by atoms with Crippen molar-refractivity contribution >= 4 is 0 Å². The minimum atomic E-state index is -0.423. The minimum absolute atomic E-state index is 0.423. The van der Waals surface area contributed by atoms with Crippen LogP contribution in [-0.2, 0) is 5.41 Å². The van der Waals surface area contributed by atoms with E-state index in [1.807, 2.05) is 12.1 Å². The topological polar surface area (TPSA) is 57.7 Å². The Hall–Kier alpha value is -2.53. The second kappa shape index (κ2) is 8.44. The second-order valence-electron chi connectivity index (χ2n) is 7.56. The molecule has 0 atom stereocenters. The zero-order chi connectivity index (χ0) is 19.3. The largest absolute Gasteiger partial charge is 0.298 e. The number of nitrogens with zero attached hydrogens (tertiary/aromatic N) is 4. The van der Waals surface area contributed by atoms with Crippen molar-refractivity contribution < 1.29 is 0 Å². The maximum Gasteiger partial charge on any atom is 0.163 e. The van der Waals surface area contributed by atoms with E-state index in [2.05, 4.69) is 102 Å². The van der Waals surface area contributed by atoms with Gasteiger partial charge in [0.2, 0.25) is 0 Å². The molecule has 0 saturated heterocycles. The van der Waals surface area contributed by atoms with E-state index in [9.17, 15) is 0 Å². The van der Waals surface area contributed by atoms with Crippen LogP contribution in [0, 0.1) is 0 Å². The van der Waals surface area contributed by atoms with Crippen molar-refractivity contribution in [2.75, 3.05) is 6.54 Å². The van der Waals surface area contributed by atoms with Crippen molar-refractivity contribution in [1.82, 2.24) is 25.5 Å². The quantitative estimate of drug-likeness (QED) is 0.656. The predicted molar refractivity (Wildman–Crippen MR) is 109 cm³/mol. The monoisotopic (exact) mass is 363 g/mol. The first-order valence-electron chi connectivity index (χ1n) is 9.66. The number of nitrogens with one attached hydrogen (secondary N) is 1. The SMILES string of the molecule is CC(C)N(CCC(c1ccccc1)(c1ccccc1)c1nnn[nH]1)C(C)C. The Morgan fingerprint density at radius 1 is 0.852 bits per heavy atom. The third-order valence-electron chi connectivity index (χ3n) is 5.35. The highest BCUT2D eigenvalue weighted by molar-refractivity contribution is 5.45. The van der Waals surface area contributed by atoms with Gasteiger partial charge in [0.05, 0.1) is 5.41 Å². The molecule has 1 N–H and O–H groups in total. The molecule has 0 bridgehead atoms. The first-order valence-corrected chi connectivity index (χ1v) is 9.66.